The van der Waals surface area contributed by atoms with E-state index in [-0.39, 0.29) is 23.3 Å². The number of amides is 1. The Morgan fingerprint density at radius 1 is 1.50 bits per heavy atom. The lowest BCUT2D eigenvalue weighted by Crippen LogP contribution is -2.53. The molecule has 5 nitrogen and oxygen atoms in total. The molecule has 1 unspecified atom stereocenters. The van der Waals surface area contributed by atoms with Crippen molar-refractivity contribution in [2.75, 3.05) is 10.2 Å². The zero-order valence-electron chi connectivity index (χ0n) is 10.4. The second-order valence-electron chi connectivity index (χ2n) is 5.15. The molecule has 18 heavy (non-hydrogen) atoms. The summed E-state index contributed by atoms with van der Waals surface area (Å²) >= 11 is 5.86. The third-order valence-electron chi connectivity index (χ3n) is 3.43. The standard InChI is InChI=1S/C12H15ClN4O/c1-6(2)17-9(7-3-4-7)11(18)15-8-5-14-12(13)16-10(8)17/h5-7,9H,3-4H2,1-2H3,(H,15,18). The molecule has 0 spiro atoms. The van der Waals surface area contributed by atoms with E-state index in [2.05, 4.69) is 34.0 Å². The van der Waals surface area contributed by atoms with Gasteiger partial charge < -0.3 is 10.2 Å². The fourth-order valence-corrected chi connectivity index (χ4v) is 2.65. The molecule has 1 aromatic heterocycles. The van der Waals surface area contributed by atoms with Crippen LogP contribution in [0.15, 0.2) is 6.20 Å². The maximum absolute atomic E-state index is 12.2. The van der Waals surface area contributed by atoms with Gasteiger partial charge in [0, 0.05) is 6.04 Å². The Kier molecular flexibility index (Phi) is 2.66. The highest BCUT2D eigenvalue weighted by molar-refractivity contribution is 6.28. The topological polar surface area (TPSA) is 58.1 Å². The molecule has 0 bridgehead atoms. The number of fused-ring (bicyclic) bond motifs is 1. The monoisotopic (exact) mass is 266 g/mol. The number of nitrogens with zero attached hydrogens (tertiary/aromatic N) is 3. The molecular weight excluding hydrogens is 252 g/mol. The summed E-state index contributed by atoms with van der Waals surface area (Å²) in [4.78, 5) is 22.5. The van der Waals surface area contributed by atoms with Crippen LogP contribution in [-0.2, 0) is 4.79 Å². The van der Waals surface area contributed by atoms with Crippen molar-refractivity contribution in [2.24, 2.45) is 5.92 Å². The van der Waals surface area contributed by atoms with Crippen LogP contribution in [0.3, 0.4) is 0 Å². The van der Waals surface area contributed by atoms with Gasteiger partial charge in [-0.15, -0.1) is 0 Å². The van der Waals surface area contributed by atoms with Crippen molar-refractivity contribution in [2.45, 2.75) is 38.8 Å². The minimum absolute atomic E-state index is 0.0459. The van der Waals surface area contributed by atoms with Crippen molar-refractivity contribution < 1.29 is 4.79 Å². The largest absolute Gasteiger partial charge is 0.340 e. The van der Waals surface area contributed by atoms with Crippen molar-refractivity contribution in [3.8, 4) is 0 Å². The Balaban J connectivity index is 2.08. The van der Waals surface area contributed by atoms with Crippen molar-refractivity contribution in [1.29, 1.82) is 0 Å². The molecule has 2 aliphatic rings. The van der Waals surface area contributed by atoms with Crippen LogP contribution in [-0.4, -0.2) is 28.0 Å². The second kappa shape index (κ2) is 4.09. The Bertz CT molecular complexity index is 501. The molecule has 0 radical (unpaired) electrons. The SMILES string of the molecule is CC(C)N1c2nc(Cl)ncc2NC(=O)C1C1CC1. The van der Waals surface area contributed by atoms with E-state index in [0.29, 0.717) is 11.6 Å². The number of carbonyl (C=O) groups is 1. The quantitative estimate of drug-likeness (QED) is 0.833. The van der Waals surface area contributed by atoms with Crippen molar-refractivity contribution >= 4 is 29.0 Å². The summed E-state index contributed by atoms with van der Waals surface area (Å²) in [5.74, 6) is 1.22. The van der Waals surface area contributed by atoms with E-state index < -0.39 is 0 Å². The summed E-state index contributed by atoms with van der Waals surface area (Å²) in [6, 6.07) is 0.0785. The molecule has 96 valence electrons. The lowest BCUT2D eigenvalue weighted by atomic mass is 10.0. The second-order valence-corrected chi connectivity index (χ2v) is 5.49. The number of hydrogen-bond donors (Lipinski definition) is 1. The molecule has 1 saturated carbocycles. The number of carbonyl (C=O) groups excluding carboxylic acids is 1. The Morgan fingerprint density at radius 3 is 2.83 bits per heavy atom. The number of hydrogen-bond acceptors (Lipinski definition) is 4. The van der Waals surface area contributed by atoms with Gasteiger partial charge in [0.15, 0.2) is 5.82 Å². The number of anilines is 2. The smallest absolute Gasteiger partial charge is 0.247 e. The zero-order valence-corrected chi connectivity index (χ0v) is 11.1. The fourth-order valence-electron chi connectivity index (χ4n) is 2.52. The predicted molar refractivity (Wildman–Crippen MR) is 69.8 cm³/mol. The molecule has 1 aliphatic heterocycles. The van der Waals surface area contributed by atoms with Crippen LogP contribution < -0.4 is 10.2 Å². The Morgan fingerprint density at radius 2 is 2.22 bits per heavy atom. The molecule has 1 aromatic rings. The average molecular weight is 267 g/mol. The van der Waals surface area contributed by atoms with E-state index in [1.807, 2.05) is 0 Å². The van der Waals surface area contributed by atoms with Crippen LogP contribution in [0, 0.1) is 5.92 Å². The highest BCUT2D eigenvalue weighted by Gasteiger charge is 2.45. The van der Waals surface area contributed by atoms with Crippen LogP contribution in [0.1, 0.15) is 26.7 Å². The summed E-state index contributed by atoms with van der Waals surface area (Å²) in [6.45, 7) is 4.13. The van der Waals surface area contributed by atoms with Gasteiger partial charge in [0.25, 0.3) is 0 Å². The summed E-state index contributed by atoms with van der Waals surface area (Å²) in [5.41, 5.74) is 0.648. The molecule has 0 saturated heterocycles. The molecule has 1 N–H and O–H groups in total. The number of halogens is 1. The van der Waals surface area contributed by atoms with Crippen LogP contribution >= 0.6 is 11.6 Å². The van der Waals surface area contributed by atoms with Gasteiger partial charge >= 0.3 is 0 Å². The summed E-state index contributed by atoms with van der Waals surface area (Å²) in [5, 5.41) is 3.09. The highest BCUT2D eigenvalue weighted by atomic mass is 35.5. The number of nitrogens with one attached hydrogen (secondary N) is 1. The molecule has 0 aromatic carbocycles. The van der Waals surface area contributed by atoms with E-state index in [4.69, 9.17) is 11.6 Å². The molecule has 2 heterocycles. The summed E-state index contributed by atoms with van der Waals surface area (Å²) < 4.78 is 0. The van der Waals surface area contributed by atoms with E-state index in [9.17, 15) is 4.79 Å². The molecule has 3 rings (SSSR count). The highest BCUT2D eigenvalue weighted by Crippen LogP contribution is 2.42. The lowest BCUT2D eigenvalue weighted by Gasteiger charge is -2.39. The van der Waals surface area contributed by atoms with Crippen molar-refractivity contribution in [3.63, 3.8) is 0 Å². The lowest BCUT2D eigenvalue weighted by molar-refractivity contribution is -0.118. The number of rotatable bonds is 2. The summed E-state index contributed by atoms with van der Waals surface area (Å²) in [7, 11) is 0. The first-order chi connectivity index (χ1) is 8.58. The van der Waals surface area contributed by atoms with Crippen molar-refractivity contribution in [3.05, 3.63) is 11.5 Å². The molecule has 6 heteroatoms. The normalized spacial score (nSPS) is 23.0. The average Bonchev–Trinajstić information content (AvgIpc) is 3.11. The first-order valence-electron chi connectivity index (χ1n) is 6.19. The van der Waals surface area contributed by atoms with Gasteiger partial charge in [0.2, 0.25) is 11.2 Å². The minimum Gasteiger partial charge on any atom is -0.340 e. The molecule has 1 amide bonds. The van der Waals surface area contributed by atoms with E-state index in [0.717, 1.165) is 18.7 Å². The van der Waals surface area contributed by atoms with Gasteiger partial charge in [0.1, 0.15) is 11.7 Å². The van der Waals surface area contributed by atoms with Gasteiger partial charge in [-0.1, -0.05) is 0 Å². The maximum atomic E-state index is 12.2. The predicted octanol–water partition coefficient (Wildman–Crippen LogP) is 2.08. The minimum atomic E-state index is -0.122. The molecule has 1 fully saturated rings. The third kappa shape index (κ3) is 1.82. The molecule has 1 atom stereocenters. The van der Waals surface area contributed by atoms with Crippen LogP contribution in [0.5, 0.6) is 0 Å². The summed E-state index contributed by atoms with van der Waals surface area (Å²) in [6.07, 6.45) is 3.78. The van der Waals surface area contributed by atoms with Gasteiger partial charge in [-0.25, -0.2) is 4.98 Å². The van der Waals surface area contributed by atoms with E-state index in [1.54, 1.807) is 6.20 Å². The molecular formula is C12H15ClN4O. The van der Waals surface area contributed by atoms with Gasteiger partial charge in [-0.05, 0) is 44.2 Å². The first-order valence-corrected chi connectivity index (χ1v) is 6.57. The fraction of sp³-hybridized carbons (Fsp3) is 0.583. The van der Waals surface area contributed by atoms with Gasteiger partial charge in [-0.2, -0.15) is 4.98 Å². The zero-order chi connectivity index (χ0) is 12.9. The van der Waals surface area contributed by atoms with Crippen molar-refractivity contribution in [1.82, 2.24) is 9.97 Å². The molecule has 1 aliphatic carbocycles. The Labute approximate surface area is 111 Å². The third-order valence-corrected chi connectivity index (χ3v) is 3.62. The van der Waals surface area contributed by atoms with Crippen LogP contribution in [0.4, 0.5) is 11.5 Å². The first kappa shape index (κ1) is 11.7. The Hall–Kier alpha value is -1.36. The van der Waals surface area contributed by atoms with E-state index >= 15 is 0 Å². The maximum Gasteiger partial charge on any atom is 0.247 e. The van der Waals surface area contributed by atoms with Crippen LogP contribution in [0.25, 0.3) is 0 Å². The van der Waals surface area contributed by atoms with Gasteiger partial charge in [0.05, 0.1) is 6.20 Å². The van der Waals surface area contributed by atoms with Gasteiger partial charge in [-0.3, -0.25) is 4.79 Å². The van der Waals surface area contributed by atoms with Crippen LogP contribution in [0.2, 0.25) is 5.28 Å². The van der Waals surface area contributed by atoms with E-state index in [1.165, 1.54) is 0 Å². The number of aromatic nitrogens is 2.